The van der Waals surface area contributed by atoms with Gasteiger partial charge in [-0.25, -0.2) is 22.0 Å². The van der Waals surface area contributed by atoms with E-state index in [1.54, 1.807) is 0 Å². The van der Waals surface area contributed by atoms with E-state index in [0.717, 1.165) is 11.8 Å². The molecule has 4 N–H and O–H groups in total. The first-order valence-corrected chi connectivity index (χ1v) is 20.1. The number of primary sulfonamides is 1. The molecule has 41 heteroatoms. The molecule has 13 nitrogen and oxygen atoms in total. The smallest absolute Gasteiger partial charge is 0.460 e. The third kappa shape index (κ3) is 16.8. The number of carbonyl (C=O) groups is 4. The van der Waals surface area contributed by atoms with Gasteiger partial charge in [-0.1, -0.05) is 0 Å². The van der Waals surface area contributed by atoms with E-state index in [9.17, 15) is 150 Å². The minimum Gasteiger partial charge on any atom is -0.481 e. The first-order valence-electron chi connectivity index (χ1n) is 16.7. The summed E-state index contributed by atoms with van der Waals surface area (Å²) in [5.74, 6) is -82.3. The van der Waals surface area contributed by atoms with Crippen molar-refractivity contribution in [2.75, 3.05) is 25.7 Å². The van der Waals surface area contributed by atoms with Crippen LogP contribution in [0.25, 0.3) is 0 Å². The van der Waals surface area contributed by atoms with Crippen LogP contribution in [0.2, 0.25) is 0 Å². The molecule has 0 saturated heterocycles. The molecule has 0 fully saturated rings. The monoisotopic (exact) mass is 1130 g/mol. The van der Waals surface area contributed by atoms with Crippen molar-refractivity contribution in [2.24, 2.45) is 5.14 Å². The van der Waals surface area contributed by atoms with Crippen LogP contribution in [0.4, 0.5) is 114 Å². The SMILES string of the molecule is COC(=O)CCCS(=O)(=O)NC(=O)CCC(F)(F)C(F)(F)C(F)(F)C(F)(F)C(F)(F)C(F)(F)F.COC(=O)CCCS(N)(=O)=O.O=C(O)CCC(F)(F)C(F)(F)C(F)(F)C(F)(F)C(F)(F)C(F)(F)F. The van der Waals surface area contributed by atoms with Crippen LogP contribution in [0.1, 0.15) is 51.4 Å². The number of methoxy groups -OCH3 is 2. The van der Waals surface area contributed by atoms with Crippen molar-refractivity contribution < 1.29 is 165 Å². The lowest BCUT2D eigenvalue weighted by atomic mass is 9.92. The number of nitrogens with one attached hydrogen (secondary N) is 1. The van der Waals surface area contributed by atoms with Gasteiger partial charge in [0.1, 0.15) is 0 Å². The first-order chi connectivity index (χ1) is 29.9. The summed E-state index contributed by atoms with van der Waals surface area (Å²) < 4.78 is 384. The third-order valence-corrected chi connectivity index (χ3v) is 9.87. The molecule has 0 aliphatic heterocycles. The minimum absolute atomic E-state index is 0.0902. The molecule has 0 heterocycles. The number of aliphatic carboxylic acids is 1. The van der Waals surface area contributed by atoms with E-state index in [1.165, 1.54) is 7.11 Å². The average molecular weight is 1130 g/mol. The number of carboxylic acid groups (broad SMARTS) is 1. The number of ether oxygens (including phenoxy) is 2. The zero-order valence-electron chi connectivity index (χ0n) is 33.3. The molecular formula is C28H30F26N2O11S2. The third-order valence-electron chi connectivity index (χ3n) is 7.64. The van der Waals surface area contributed by atoms with Crippen LogP contribution in [0, 0.1) is 0 Å². The van der Waals surface area contributed by atoms with Crippen molar-refractivity contribution in [3.63, 3.8) is 0 Å². The second-order valence-electron chi connectivity index (χ2n) is 13.0. The van der Waals surface area contributed by atoms with Gasteiger partial charge in [0.15, 0.2) is 0 Å². The number of hydrogen-bond acceptors (Lipinski definition) is 10. The van der Waals surface area contributed by atoms with Crippen molar-refractivity contribution in [1.29, 1.82) is 0 Å². The number of carboxylic acids is 1. The minimum atomic E-state index is -8.07. The van der Waals surface area contributed by atoms with Gasteiger partial charge in [0.05, 0.1) is 32.1 Å². The Morgan fingerprint density at radius 2 is 0.725 bits per heavy atom. The second-order valence-corrected chi connectivity index (χ2v) is 16.5. The van der Waals surface area contributed by atoms with E-state index in [1.807, 2.05) is 0 Å². The van der Waals surface area contributed by atoms with E-state index in [0.29, 0.717) is 0 Å². The molecule has 0 aliphatic rings. The summed E-state index contributed by atoms with van der Waals surface area (Å²) in [4.78, 5) is 42.5. The Kier molecular flexibility index (Phi) is 23.0. The van der Waals surface area contributed by atoms with E-state index in [-0.39, 0.29) is 18.6 Å². The van der Waals surface area contributed by atoms with E-state index in [2.05, 4.69) is 14.6 Å². The molecule has 412 valence electrons. The second kappa shape index (κ2) is 23.0. The number of esters is 2. The van der Waals surface area contributed by atoms with Gasteiger partial charge >= 0.3 is 89.5 Å². The number of nitrogens with two attached hydrogens (primary N) is 1. The highest BCUT2D eigenvalue weighted by Gasteiger charge is 2.92. The number of hydrogen-bond donors (Lipinski definition) is 3. The molecule has 0 aliphatic carbocycles. The standard InChI is InChI=1S/C14H14F13NO5S.C9H5F13O2.C5H11NO4S/c1-33-8(30)3-2-6-34(31,32)28-7(29)4-5-9(15,16)10(17,18)11(19,20)12(21,22)13(23,24)14(25,26)27;10-4(11,2-1-3(23)24)5(12,13)6(14,15)7(16,17)8(18,19)9(20,21)22;1-10-5(7)3-2-4-11(6,8)9/h2-6H2,1H3,(H,28,29);1-2H2,(H,23,24);2-4H2,1H3,(H2,6,8,9). The average Bonchev–Trinajstić information content (AvgIpc) is 3.14. The Hall–Kier alpha value is -4.08. The van der Waals surface area contributed by atoms with Gasteiger partial charge in [0, 0.05) is 32.1 Å². The Balaban J connectivity index is -0.00000107. The number of carbonyl (C=O) groups excluding carboxylic acids is 3. The molecule has 0 radical (unpaired) electrons. The molecule has 0 bridgehead atoms. The normalized spacial score (nSPS) is 14.4. The van der Waals surface area contributed by atoms with Crippen LogP contribution in [0.3, 0.4) is 0 Å². The van der Waals surface area contributed by atoms with Crippen LogP contribution in [0.5, 0.6) is 0 Å². The summed E-state index contributed by atoms with van der Waals surface area (Å²) in [7, 11) is -5.97. The molecule has 0 aromatic carbocycles. The molecule has 69 heavy (non-hydrogen) atoms. The van der Waals surface area contributed by atoms with E-state index in [4.69, 9.17) is 5.11 Å². The van der Waals surface area contributed by atoms with Crippen molar-refractivity contribution >= 4 is 43.9 Å². The van der Waals surface area contributed by atoms with Crippen LogP contribution in [-0.4, -0.2) is 143 Å². The van der Waals surface area contributed by atoms with Crippen molar-refractivity contribution in [1.82, 2.24) is 4.72 Å². The predicted octanol–water partition coefficient (Wildman–Crippen LogP) is 7.72. The summed E-state index contributed by atoms with van der Waals surface area (Å²) in [5.41, 5.74) is 0. The molecule has 0 aromatic heterocycles. The summed E-state index contributed by atoms with van der Waals surface area (Å²) in [6.45, 7) is 0. The van der Waals surface area contributed by atoms with Gasteiger partial charge in [-0.05, 0) is 12.8 Å². The molecule has 1 amide bonds. The molecule has 0 unspecified atom stereocenters. The number of halogens is 26. The maximum absolute atomic E-state index is 13.6. The molecule has 0 aromatic rings. The highest BCUT2D eigenvalue weighted by Crippen LogP contribution is 2.62. The molecule has 0 saturated carbocycles. The van der Waals surface area contributed by atoms with Crippen LogP contribution < -0.4 is 9.86 Å². The Morgan fingerprint density at radius 3 is 0.986 bits per heavy atom. The number of amides is 1. The Morgan fingerprint density at radius 1 is 0.449 bits per heavy atom. The van der Waals surface area contributed by atoms with Crippen LogP contribution >= 0.6 is 0 Å². The maximum atomic E-state index is 13.6. The zero-order chi connectivity index (χ0) is 56.5. The Bertz CT molecular complexity index is 1970. The van der Waals surface area contributed by atoms with Crippen molar-refractivity contribution in [3.8, 4) is 0 Å². The number of alkyl halides is 26. The molecule has 0 atom stereocenters. The fraction of sp³-hybridized carbons (Fsp3) is 0.857. The Labute approximate surface area is 367 Å². The lowest BCUT2D eigenvalue weighted by molar-refractivity contribution is -0.440. The van der Waals surface area contributed by atoms with Gasteiger partial charge in [0.25, 0.3) is 0 Å². The number of sulfonamides is 2. The highest BCUT2D eigenvalue weighted by molar-refractivity contribution is 7.90. The summed E-state index contributed by atoms with van der Waals surface area (Å²) in [5, 5.41) is 12.6. The van der Waals surface area contributed by atoms with E-state index >= 15 is 0 Å². The summed E-state index contributed by atoms with van der Waals surface area (Å²) >= 11 is 0. The fourth-order valence-electron chi connectivity index (χ4n) is 3.76. The maximum Gasteiger partial charge on any atom is 0.460 e. The van der Waals surface area contributed by atoms with Gasteiger partial charge in [-0.2, -0.15) is 114 Å². The first kappa shape index (κ1) is 69.2. The molecule has 0 rings (SSSR count). The van der Waals surface area contributed by atoms with Gasteiger partial charge in [-0.15, -0.1) is 0 Å². The molecule has 0 spiro atoms. The summed E-state index contributed by atoms with van der Waals surface area (Å²) in [6.07, 6.45) is -25.4. The topological polar surface area (TPSA) is 213 Å². The quantitative estimate of drug-likeness (QED) is 0.0666. The predicted molar refractivity (Wildman–Crippen MR) is 170 cm³/mol. The van der Waals surface area contributed by atoms with E-state index < -0.39 is 160 Å². The van der Waals surface area contributed by atoms with Crippen molar-refractivity contribution in [3.05, 3.63) is 0 Å². The zero-order valence-corrected chi connectivity index (χ0v) is 35.0. The lowest BCUT2D eigenvalue weighted by Crippen LogP contribution is -2.70. The number of rotatable bonds is 23. The van der Waals surface area contributed by atoms with Crippen molar-refractivity contribution in [2.45, 2.75) is 123 Å². The largest absolute Gasteiger partial charge is 0.481 e. The highest BCUT2D eigenvalue weighted by atomic mass is 32.2. The lowest BCUT2D eigenvalue weighted by Gasteiger charge is -2.39. The fourth-order valence-corrected chi connectivity index (χ4v) is 5.38. The summed E-state index contributed by atoms with van der Waals surface area (Å²) in [6, 6.07) is 0. The molecular weight excluding hydrogens is 1100 g/mol. The van der Waals surface area contributed by atoms with Gasteiger partial charge in [0.2, 0.25) is 26.0 Å². The van der Waals surface area contributed by atoms with Gasteiger partial charge < -0.3 is 14.6 Å². The van der Waals surface area contributed by atoms with Crippen LogP contribution in [0.15, 0.2) is 0 Å². The van der Waals surface area contributed by atoms with Gasteiger partial charge in [-0.3, -0.25) is 23.9 Å². The van der Waals surface area contributed by atoms with Crippen LogP contribution in [-0.2, 0) is 48.7 Å².